The zero-order chi connectivity index (χ0) is 27.4. The summed E-state index contributed by atoms with van der Waals surface area (Å²) >= 11 is 0. The first-order chi connectivity index (χ1) is 18.8. The van der Waals surface area contributed by atoms with Gasteiger partial charge in [0.05, 0.1) is 31.7 Å². The highest BCUT2D eigenvalue weighted by Gasteiger charge is 2.38. The van der Waals surface area contributed by atoms with Gasteiger partial charge in [-0.15, -0.1) is 5.10 Å². The summed E-state index contributed by atoms with van der Waals surface area (Å²) in [4.78, 5) is 14.9. The molecule has 0 radical (unpaired) electrons. The second-order valence-corrected chi connectivity index (χ2v) is 11.8. The number of hydrogen-bond donors (Lipinski definition) is 0. The van der Waals surface area contributed by atoms with E-state index in [-0.39, 0.29) is 43.4 Å². The summed E-state index contributed by atoms with van der Waals surface area (Å²) in [6.45, 7) is 3.87. The van der Waals surface area contributed by atoms with Gasteiger partial charge >= 0.3 is 0 Å². The van der Waals surface area contributed by atoms with Crippen LogP contribution in [0.2, 0.25) is 0 Å². The van der Waals surface area contributed by atoms with Crippen molar-refractivity contribution in [1.29, 1.82) is 0 Å². The summed E-state index contributed by atoms with van der Waals surface area (Å²) in [6.07, 6.45) is 3.04. The van der Waals surface area contributed by atoms with Crippen molar-refractivity contribution in [3.05, 3.63) is 71.8 Å². The Bertz CT molecular complexity index is 1370. The number of carbonyl (C=O) groups excluding carboxylic acids is 1. The minimum absolute atomic E-state index is 0.0716. The molecule has 2 aromatic carbocycles. The second kappa shape index (κ2) is 11.9. The van der Waals surface area contributed by atoms with Gasteiger partial charge in [-0.25, -0.2) is 12.8 Å². The highest BCUT2D eigenvalue weighted by molar-refractivity contribution is 7.89. The van der Waals surface area contributed by atoms with Gasteiger partial charge in [-0.1, -0.05) is 41.6 Å². The van der Waals surface area contributed by atoms with Crippen molar-refractivity contribution >= 4 is 15.9 Å². The lowest BCUT2D eigenvalue weighted by atomic mass is 10.0. The highest BCUT2D eigenvalue weighted by atomic mass is 32.2. The summed E-state index contributed by atoms with van der Waals surface area (Å²) in [5.74, 6) is -0.766. The molecule has 39 heavy (non-hydrogen) atoms. The standard InChI is InChI=1S/C27H32FN5O5S/c1-20-27(34)31(18-25-19-32(30-29-25)12-11-26-37-14-2-15-38-26)13-16-39(35,36)33(20)17-21-3-5-22(6-4-21)23-7-9-24(28)10-8-23/h3-10,19-20,26H,2,11-18H2,1H3. The van der Waals surface area contributed by atoms with E-state index in [9.17, 15) is 17.6 Å². The van der Waals surface area contributed by atoms with E-state index in [4.69, 9.17) is 9.47 Å². The molecule has 3 aromatic rings. The van der Waals surface area contributed by atoms with Crippen molar-refractivity contribution in [1.82, 2.24) is 24.2 Å². The van der Waals surface area contributed by atoms with Gasteiger partial charge in [0.25, 0.3) is 0 Å². The molecule has 2 aliphatic rings. The zero-order valence-corrected chi connectivity index (χ0v) is 22.6. The number of sulfonamides is 1. The van der Waals surface area contributed by atoms with Gasteiger partial charge in [-0.3, -0.25) is 9.48 Å². The van der Waals surface area contributed by atoms with E-state index in [0.29, 0.717) is 31.9 Å². The maximum atomic E-state index is 13.3. The number of rotatable bonds is 8. The van der Waals surface area contributed by atoms with Crippen LogP contribution in [0.5, 0.6) is 0 Å². The monoisotopic (exact) mass is 557 g/mol. The molecule has 10 nitrogen and oxygen atoms in total. The van der Waals surface area contributed by atoms with Crippen LogP contribution in [0.15, 0.2) is 54.7 Å². The molecule has 0 spiro atoms. The average molecular weight is 558 g/mol. The van der Waals surface area contributed by atoms with Crippen molar-refractivity contribution in [2.75, 3.05) is 25.5 Å². The number of carbonyl (C=O) groups is 1. The van der Waals surface area contributed by atoms with Crippen LogP contribution >= 0.6 is 0 Å². The summed E-state index contributed by atoms with van der Waals surface area (Å²) in [7, 11) is -3.69. The molecular weight excluding hydrogens is 525 g/mol. The van der Waals surface area contributed by atoms with E-state index in [2.05, 4.69) is 10.3 Å². The molecule has 3 heterocycles. The topological polar surface area (TPSA) is 107 Å². The number of benzene rings is 2. The molecule has 12 heteroatoms. The lowest BCUT2D eigenvalue weighted by Gasteiger charge is -2.26. The summed E-state index contributed by atoms with van der Waals surface area (Å²) in [6, 6.07) is 12.7. The second-order valence-electron chi connectivity index (χ2n) is 9.79. The summed E-state index contributed by atoms with van der Waals surface area (Å²) < 4.78 is 53.7. The van der Waals surface area contributed by atoms with Crippen LogP contribution in [0.1, 0.15) is 31.0 Å². The van der Waals surface area contributed by atoms with Crippen molar-refractivity contribution in [2.45, 2.75) is 51.7 Å². The number of halogens is 1. The lowest BCUT2D eigenvalue weighted by molar-refractivity contribution is -0.182. The van der Waals surface area contributed by atoms with E-state index in [1.165, 1.54) is 21.3 Å². The molecule has 1 aromatic heterocycles. The molecule has 5 rings (SSSR count). The fourth-order valence-electron chi connectivity index (χ4n) is 4.76. The van der Waals surface area contributed by atoms with Crippen LogP contribution in [-0.2, 0) is 43.9 Å². The minimum Gasteiger partial charge on any atom is -0.353 e. The van der Waals surface area contributed by atoms with E-state index in [1.807, 2.05) is 24.3 Å². The first-order valence-electron chi connectivity index (χ1n) is 13.0. The van der Waals surface area contributed by atoms with Gasteiger partial charge in [0.1, 0.15) is 17.6 Å². The minimum atomic E-state index is -3.69. The molecule has 208 valence electrons. The third-order valence-corrected chi connectivity index (χ3v) is 8.83. The third-order valence-electron chi connectivity index (χ3n) is 6.98. The normalized spacial score (nSPS) is 20.7. The maximum Gasteiger partial charge on any atom is 0.241 e. The molecule has 0 saturated carbocycles. The zero-order valence-electron chi connectivity index (χ0n) is 21.8. The number of nitrogens with zero attached hydrogens (tertiary/aromatic N) is 5. The van der Waals surface area contributed by atoms with Crippen molar-refractivity contribution in [3.8, 4) is 11.1 Å². The van der Waals surface area contributed by atoms with Gasteiger partial charge in [-0.2, -0.15) is 4.31 Å². The lowest BCUT2D eigenvalue weighted by Crippen LogP contribution is -2.45. The van der Waals surface area contributed by atoms with Crippen LogP contribution in [0, 0.1) is 5.82 Å². The Hall–Kier alpha value is -3.19. The van der Waals surface area contributed by atoms with Crippen molar-refractivity contribution in [2.24, 2.45) is 0 Å². The smallest absolute Gasteiger partial charge is 0.241 e. The first kappa shape index (κ1) is 27.4. The third kappa shape index (κ3) is 6.70. The molecule has 0 N–H and O–H groups in total. The molecule has 2 saturated heterocycles. The van der Waals surface area contributed by atoms with Gasteiger partial charge in [0.2, 0.25) is 15.9 Å². The fraction of sp³-hybridized carbons (Fsp3) is 0.444. The number of amides is 1. The highest BCUT2D eigenvalue weighted by Crippen LogP contribution is 2.24. The molecule has 1 amide bonds. The predicted molar refractivity (Wildman–Crippen MR) is 141 cm³/mol. The van der Waals surface area contributed by atoms with Crippen molar-refractivity contribution < 1.29 is 27.1 Å². The number of aromatic nitrogens is 3. The van der Waals surface area contributed by atoms with Crippen LogP contribution in [0.4, 0.5) is 4.39 Å². The number of hydrogen-bond acceptors (Lipinski definition) is 7. The Balaban J connectivity index is 1.22. The fourth-order valence-corrected chi connectivity index (χ4v) is 6.36. The van der Waals surface area contributed by atoms with Gasteiger partial charge in [-0.05, 0) is 42.2 Å². The predicted octanol–water partition coefficient (Wildman–Crippen LogP) is 2.80. The van der Waals surface area contributed by atoms with Crippen LogP contribution in [0.25, 0.3) is 11.1 Å². The molecule has 1 unspecified atom stereocenters. The molecule has 0 bridgehead atoms. The van der Waals surface area contributed by atoms with Crippen LogP contribution in [0.3, 0.4) is 0 Å². The Morgan fingerprint density at radius 1 is 1.00 bits per heavy atom. The van der Waals surface area contributed by atoms with E-state index in [1.54, 1.807) is 29.9 Å². The number of ether oxygens (including phenoxy) is 2. The number of aryl methyl sites for hydroxylation is 1. The Morgan fingerprint density at radius 3 is 2.36 bits per heavy atom. The molecule has 2 fully saturated rings. The van der Waals surface area contributed by atoms with Gasteiger partial charge in [0, 0.05) is 26.1 Å². The SMILES string of the molecule is CC1C(=O)N(Cc2cn(CCC3OCCCO3)nn2)CCS(=O)(=O)N1Cc1ccc(-c2ccc(F)cc2)cc1. The van der Waals surface area contributed by atoms with Crippen LogP contribution < -0.4 is 0 Å². The summed E-state index contributed by atoms with van der Waals surface area (Å²) in [5.41, 5.74) is 3.09. The Kier molecular flexibility index (Phi) is 8.36. The van der Waals surface area contributed by atoms with Gasteiger partial charge < -0.3 is 14.4 Å². The van der Waals surface area contributed by atoms with Crippen molar-refractivity contribution in [3.63, 3.8) is 0 Å². The van der Waals surface area contributed by atoms with E-state index in [0.717, 1.165) is 23.1 Å². The molecule has 1 atom stereocenters. The molecule has 2 aliphatic heterocycles. The molecular formula is C27H32FN5O5S. The van der Waals surface area contributed by atoms with E-state index < -0.39 is 16.1 Å². The van der Waals surface area contributed by atoms with Crippen LogP contribution in [-0.4, -0.2) is 76.4 Å². The maximum absolute atomic E-state index is 13.3. The Morgan fingerprint density at radius 2 is 1.67 bits per heavy atom. The Labute approximate surface area is 227 Å². The van der Waals surface area contributed by atoms with Gasteiger partial charge in [0.15, 0.2) is 6.29 Å². The first-order valence-corrected chi connectivity index (χ1v) is 14.6. The largest absolute Gasteiger partial charge is 0.353 e. The quantitative estimate of drug-likeness (QED) is 0.419. The molecule has 0 aliphatic carbocycles. The van der Waals surface area contributed by atoms with E-state index >= 15 is 0 Å². The summed E-state index contributed by atoms with van der Waals surface area (Å²) in [5, 5.41) is 8.32. The average Bonchev–Trinajstić information content (AvgIpc) is 3.38.